The molecule has 0 spiro atoms. The SMILES string of the molecule is CC(=O)N1CCC[C@@H](Nc2ncc3nc(Nc4c(F)cc(F)cc4Cl)n(C4CCC(C(N)=O)CC4)c3n2)C1. The maximum absolute atomic E-state index is 14.6. The number of carbonyl (C=O) groups is 2. The molecule has 13 heteroatoms. The van der Waals surface area contributed by atoms with E-state index in [0.717, 1.165) is 31.5 Å². The number of primary amides is 1. The Morgan fingerprint density at radius 2 is 1.89 bits per heavy atom. The molecule has 1 aromatic carbocycles. The van der Waals surface area contributed by atoms with Crippen LogP contribution in [-0.2, 0) is 9.59 Å². The van der Waals surface area contributed by atoms with Crippen LogP contribution >= 0.6 is 11.6 Å². The average molecular weight is 547 g/mol. The second-order valence-electron chi connectivity index (χ2n) is 9.93. The van der Waals surface area contributed by atoms with Gasteiger partial charge in [-0.15, -0.1) is 0 Å². The number of piperidine rings is 1. The van der Waals surface area contributed by atoms with Crippen LogP contribution in [0.1, 0.15) is 51.5 Å². The Hall–Kier alpha value is -3.54. The molecule has 2 amide bonds. The van der Waals surface area contributed by atoms with Crippen molar-refractivity contribution in [2.75, 3.05) is 23.7 Å². The Morgan fingerprint density at radius 1 is 1.13 bits per heavy atom. The quantitative estimate of drug-likeness (QED) is 0.423. The summed E-state index contributed by atoms with van der Waals surface area (Å²) in [5.41, 5.74) is 6.42. The second kappa shape index (κ2) is 10.7. The number of benzene rings is 1. The fraction of sp³-hybridized carbons (Fsp3) is 0.480. The molecule has 1 aliphatic carbocycles. The molecule has 5 rings (SSSR count). The largest absolute Gasteiger partial charge is 0.369 e. The van der Waals surface area contributed by atoms with E-state index < -0.39 is 11.6 Å². The van der Waals surface area contributed by atoms with Gasteiger partial charge in [0.15, 0.2) is 11.5 Å². The highest BCUT2D eigenvalue weighted by Gasteiger charge is 2.30. The molecule has 38 heavy (non-hydrogen) atoms. The maximum atomic E-state index is 14.6. The number of carbonyl (C=O) groups excluding carboxylic acids is 2. The van der Waals surface area contributed by atoms with Crippen molar-refractivity contribution < 1.29 is 18.4 Å². The summed E-state index contributed by atoms with van der Waals surface area (Å²) in [5, 5.41) is 6.14. The summed E-state index contributed by atoms with van der Waals surface area (Å²) in [7, 11) is 0. The van der Waals surface area contributed by atoms with Gasteiger partial charge in [-0.05, 0) is 44.6 Å². The Morgan fingerprint density at radius 3 is 2.58 bits per heavy atom. The molecule has 10 nitrogen and oxygen atoms in total. The van der Waals surface area contributed by atoms with Gasteiger partial charge in [-0.3, -0.25) is 14.2 Å². The van der Waals surface area contributed by atoms with E-state index in [9.17, 15) is 18.4 Å². The molecule has 0 bridgehead atoms. The molecular formula is C25H29ClF2N8O2. The number of imidazole rings is 1. The number of nitrogens with one attached hydrogen (secondary N) is 2. The number of nitrogens with two attached hydrogens (primary N) is 1. The van der Waals surface area contributed by atoms with Gasteiger partial charge >= 0.3 is 0 Å². The normalized spacial score (nSPS) is 21.9. The van der Waals surface area contributed by atoms with Gasteiger partial charge in [0, 0.05) is 44.1 Å². The Labute approximate surface area is 223 Å². The highest BCUT2D eigenvalue weighted by molar-refractivity contribution is 6.33. The van der Waals surface area contributed by atoms with Gasteiger partial charge in [0.1, 0.15) is 11.3 Å². The minimum Gasteiger partial charge on any atom is -0.369 e. The van der Waals surface area contributed by atoms with E-state index in [1.165, 1.54) is 0 Å². The molecule has 202 valence electrons. The summed E-state index contributed by atoms with van der Waals surface area (Å²) >= 11 is 6.15. The minimum atomic E-state index is -0.855. The predicted molar refractivity (Wildman–Crippen MR) is 139 cm³/mol. The number of rotatable bonds is 6. The van der Waals surface area contributed by atoms with E-state index in [1.807, 2.05) is 4.57 Å². The van der Waals surface area contributed by atoms with Gasteiger partial charge in [-0.25, -0.2) is 18.7 Å². The minimum absolute atomic E-state index is 0.00260. The van der Waals surface area contributed by atoms with Crippen LogP contribution in [-0.4, -0.2) is 55.4 Å². The number of halogens is 3. The Kier molecular flexibility index (Phi) is 7.33. The highest BCUT2D eigenvalue weighted by atomic mass is 35.5. The van der Waals surface area contributed by atoms with Crippen LogP contribution in [0.25, 0.3) is 11.2 Å². The van der Waals surface area contributed by atoms with E-state index >= 15 is 0 Å². The van der Waals surface area contributed by atoms with Crippen molar-refractivity contribution in [3.8, 4) is 0 Å². The molecule has 0 radical (unpaired) electrons. The van der Waals surface area contributed by atoms with Gasteiger partial charge in [0.25, 0.3) is 0 Å². The molecule has 4 N–H and O–H groups in total. The average Bonchev–Trinajstić information content (AvgIpc) is 3.23. The number of amides is 2. The summed E-state index contributed by atoms with van der Waals surface area (Å²) < 4.78 is 30.1. The first-order chi connectivity index (χ1) is 18.2. The molecule has 2 aliphatic rings. The van der Waals surface area contributed by atoms with Gasteiger partial charge in [0.2, 0.25) is 23.7 Å². The molecule has 3 heterocycles. The van der Waals surface area contributed by atoms with Gasteiger partial charge in [-0.2, -0.15) is 4.98 Å². The van der Waals surface area contributed by atoms with E-state index in [1.54, 1.807) is 18.0 Å². The maximum Gasteiger partial charge on any atom is 0.225 e. The summed E-state index contributed by atoms with van der Waals surface area (Å²) in [6.07, 6.45) is 5.80. The van der Waals surface area contributed by atoms with Crippen molar-refractivity contribution in [2.45, 2.75) is 57.5 Å². The second-order valence-corrected chi connectivity index (χ2v) is 10.3. The summed E-state index contributed by atoms with van der Waals surface area (Å²) in [4.78, 5) is 39.1. The van der Waals surface area contributed by atoms with Crippen LogP contribution in [0.4, 0.5) is 26.4 Å². The number of likely N-dealkylation sites (tertiary alicyclic amines) is 1. The zero-order valence-corrected chi connectivity index (χ0v) is 21.6. The summed E-state index contributed by atoms with van der Waals surface area (Å²) in [5.74, 6) is -1.47. The third-order valence-corrected chi connectivity index (χ3v) is 7.64. The van der Waals surface area contributed by atoms with Crippen molar-refractivity contribution in [1.29, 1.82) is 0 Å². The highest BCUT2D eigenvalue weighted by Crippen LogP contribution is 2.38. The van der Waals surface area contributed by atoms with Crippen LogP contribution < -0.4 is 16.4 Å². The van der Waals surface area contributed by atoms with Crippen LogP contribution in [0, 0.1) is 17.6 Å². The first kappa shape index (κ1) is 26.1. The monoisotopic (exact) mass is 546 g/mol. The topological polar surface area (TPSA) is 131 Å². The van der Waals surface area contributed by atoms with Crippen LogP contribution in [0.5, 0.6) is 0 Å². The van der Waals surface area contributed by atoms with Crippen LogP contribution in [0.2, 0.25) is 5.02 Å². The van der Waals surface area contributed by atoms with E-state index in [0.29, 0.717) is 49.3 Å². The molecule has 1 aliphatic heterocycles. The number of anilines is 3. The number of nitrogens with zero attached hydrogens (tertiary/aromatic N) is 5. The smallest absolute Gasteiger partial charge is 0.225 e. The lowest BCUT2D eigenvalue weighted by Crippen LogP contribution is -2.44. The third kappa shape index (κ3) is 5.35. The molecule has 2 aromatic heterocycles. The lowest BCUT2D eigenvalue weighted by atomic mass is 9.85. The molecule has 3 aromatic rings. The molecule has 1 saturated heterocycles. The van der Waals surface area contributed by atoms with E-state index in [2.05, 4.69) is 20.6 Å². The Bertz CT molecular complexity index is 1350. The zero-order chi connectivity index (χ0) is 27.0. The van der Waals surface area contributed by atoms with Crippen LogP contribution in [0.3, 0.4) is 0 Å². The Balaban J connectivity index is 1.50. The molecule has 1 saturated carbocycles. The fourth-order valence-electron chi connectivity index (χ4n) is 5.35. The third-order valence-electron chi connectivity index (χ3n) is 7.34. The van der Waals surface area contributed by atoms with Crippen molar-refractivity contribution >= 4 is 52.2 Å². The molecule has 1 atom stereocenters. The number of aromatic nitrogens is 4. The summed E-state index contributed by atoms with van der Waals surface area (Å²) in [6, 6.07) is 1.66. The van der Waals surface area contributed by atoms with Gasteiger partial charge < -0.3 is 21.3 Å². The van der Waals surface area contributed by atoms with E-state index in [4.69, 9.17) is 22.3 Å². The van der Waals surface area contributed by atoms with Crippen LogP contribution in [0.15, 0.2) is 18.3 Å². The number of fused-ring (bicyclic) bond motifs is 1. The summed E-state index contributed by atoms with van der Waals surface area (Å²) in [6.45, 7) is 2.84. The fourth-order valence-corrected chi connectivity index (χ4v) is 5.59. The molecular weight excluding hydrogens is 518 g/mol. The van der Waals surface area contributed by atoms with Gasteiger partial charge in [0.05, 0.1) is 16.9 Å². The standard InChI is InChI=1S/C25H29ClF2N8O2/c1-13(37)35-8-2-3-16(12-35)31-24-30-11-20-23(34-24)36(17-6-4-14(5-7-17)22(29)38)25(32-20)33-21-18(26)9-15(27)10-19(21)28/h9-11,14,16-17H,2-8,12H2,1H3,(H2,29,38)(H,32,33)(H,30,31,34)/t14?,16-,17?/m1/s1. The van der Waals surface area contributed by atoms with E-state index in [-0.39, 0.29) is 46.5 Å². The lowest BCUT2D eigenvalue weighted by molar-refractivity contribution is -0.129. The number of hydrogen-bond donors (Lipinski definition) is 3. The van der Waals surface area contributed by atoms with Crippen molar-refractivity contribution in [3.63, 3.8) is 0 Å². The van der Waals surface area contributed by atoms with Crippen molar-refractivity contribution in [2.24, 2.45) is 11.7 Å². The zero-order valence-electron chi connectivity index (χ0n) is 20.9. The first-order valence-electron chi connectivity index (χ1n) is 12.7. The van der Waals surface area contributed by atoms with Crippen molar-refractivity contribution in [1.82, 2.24) is 24.4 Å². The first-order valence-corrected chi connectivity index (χ1v) is 13.0. The number of hydrogen-bond acceptors (Lipinski definition) is 7. The molecule has 0 unspecified atom stereocenters. The predicted octanol–water partition coefficient (Wildman–Crippen LogP) is 4.14. The lowest BCUT2D eigenvalue weighted by Gasteiger charge is -2.32. The van der Waals surface area contributed by atoms with Crippen molar-refractivity contribution in [3.05, 3.63) is 35.0 Å². The molecule has 2 fully saturated rings. The van der Waals surface area contributed by atoms with Gasteiger partial charge in [-0.1, -0.05) is 11.6 Å².